The van der Waals surface area contributed by atoms with Crippen LogP contribution in [0, 0.1) is 0 Å². The van der Waals surface area contributed by atoms with Crippen molar-refractivity contribution in [3.63, 3.8) is 0 Å². The molecule has 1 N–H and O–H groups in total. The lowest BCUT2D eigenvalue weighted by Crippen LogP contribution is -2.25. The van der Waals surface area contributed by atoms with E-state index in [1.54, 1.807) is 0 Å². The third-order valence-corrected chi connectivity index (χ3v) is 4.48. The van der Waals surface area contributed by atoms with Crippen LogP contribution in [0.1, 0.15) is 46.0 Å². The molecule has 0 aromatic heterocycles. The van der Waals surface area contributed by atoms with Crippen LogP contribution in [-0.4, -0.2) is 46.2 Å². The fourth-order valence-electron chi connectivity index (χ4n) is 1.63. The van der Waals surface area contributed by atoms with Crippen LogP contribution < -0.4 is 5.32 Å². The molecular formula is C13H29NO3S. The zero-order valence-corrected chi connectivity index (χ0v) is 12.7. The van der Waals surface area contributed by atoms with Crippen LogP contribution in [0.2, 0.25) is 0 Å². The molecule has 0 aromatic carbocycles. The van der Waals surface area contributed by atoms with Crippen molar-refractivity contribution in [2.45, 2.75) is 46.0 Å². The molecule has 0 aromatic rings. The van der Waals surface area contributed by atoms with Gasteiger partial charge in [-0.05, 0) is 32.7 Å². The summed E-state index contributed by atoms with van der Waals surface area (Å²) in [5.74, 6) is 0.606. The molecule has 0 amide bonds. The standard InChI is InChI=1S/C13H29NO3S/c1-3-5-8-12-18(15,16)13-10-14-9-6-7-11-17-4-2/h14H,3-13H2,1-2H3. The second-order valence-corrected chi connectivity index (χ2v) is 6.82. The predicted molar refractivity (Wildman–Crippen MR) is 76.8 cm³/mol. The molecule has 0 saturated carbocycles. The van der Waals surface area contributed by atoms with E-state index < -0.39 is 9.84 Å². The maximum Gasteiger partial charge on any atom is 0.151 e. The highest BCUT2D eigenvalue weighted by molar-refractivity contribution is 7.91. The molecule has 0 aliphatic rings. The van der Waals surface area contributed by atoms with Crippen molar-refractivity contribution in [1.29, 1.82) is 0 Å². The molecule has 18 heavy (non-hydrogen) atoms. The van der Waals surface area contributed by atoms with Crippen molar-refractivity contribution in [3.8, 4) is 0 Å². The molecule has 0 fully saturated rings. The first kappa shape index (κ1) is 17.9. The second-order valence-electron chi connectivity index (χ2n) is 4.51. The van der Waals surface area contributed by atoms with E-state index in [2.05, 4.69) is 12.2 Å². The molecule has 0 unspecified atom stereocenters. The van der Waals surface area contributed by atoms with Gasteiger partial charge in [-0.15, -0.1) is 0 Å². The molecule has 0 atom stereocenters. The average molecular weight is 279 g/mol. The van der Waals surface area contributed by atoms with Crippen molar-refractivity contribution in [1.82, 2.24) is 5.32 Å². The summed E-state index contributed by atoms with van der Waals surface area (Å²) in [4.78, 5) is 0. The summed E-state index contributed by atoms with van der Waals surface area (Å²) in [6.07, 6.45) is 4.94. The highest BCUT2D eigenvalue weighted by atomic mass is 32.2. The normalized spacial score (nSPS) is 11.9. The third-order valence-electron chi connectivity index (χ3n) is 2.75. The summed E-state index contributed by atoms with van der Waals surface area (Å²) >= 11 is 0. The van der Waals surface area contributed by atoms with E-state index in [1.165, 1.54) is 0 Å². The number of nitrogens with one attached hydrogen (secondary N) is 1. The molecule has 0 aliphatic heterocycles. The second kappa shape index (κ2) is 11.9. The monoisotopic (exact) mass is 279 g/mol. The van der Waals surface area contributed by atoms with Crippen molar-refractivity contribution >= 4 is 9.84 Å². The van der Waals surface area contributed by atoms with Gasteiger partial charge in [0.25, 0.3) is 0 Å². The number of sulfone groups is 1. The summed E-state index contributed by atoms with van der Waals surface area (Å²) in [6, 6.07) is 0. The Balaban J connectivity index is 3.36. The minimum Gasteiger partial charge on any atom is -0.382 e. The fourth-order valence-corrected chi connectivity index (χ4v) is 2.93. The van der Waals surface area contributed by atoms with Gasteiger partial charge in [0.1, 0.15) is 0 Å². The van der Waals surface area contributed by atoms with E-state index in [4.69, 9.17) is 4.74 Å². The maximum absolute atomic E-state index is 11.6. The summed E-state index contributed by atoms with van der Waals surface area (Å²) < 4.78 is 28.5. The maximum atomic E-state index is 11.6. The van der Waals surface area contributed by atoms with Gasteiger partial charge >= 0.3 is 0 Å². The molecule has 0 aliphatic carbocycles. The topological polar surface area (TPSA) is 55.4 Å². The number of hydrogen-bond acceptors (Lipinski definition) is 4. The van der Waals surface area contributed by atoms with Crippen LogP contribution in [0.25, 0.3) is 0 Å². The van der Waals surface area contributed by atoms with Crippen LogP contribution in [0.5, 0.6) is 0 Å². The average Bonchev–Trinajstić information content (AvgIpc) is 2.33. The zero-order valence-electron chi connectivity index (χ0n) is 11.9. The van der Waals surface area contributed by atoms with E-state index in [9.17, 15) is 8.42 Å². The lowest BCUT2D eigenvalue weighted by molar-refractivity contribution is 0.143. The smallest absolute Gasteiger partial charge is 0.151 e. The van der Waals surface area contributed by atoms with E-state index in [0.29, 0.717) is 12.3 Å². The van der Waals surface area contributed by atoms with Crippen LogP contribution in [0.15, 0.2) is 0 Å². The lowest BCUT2D eigenvalue weighted by atomic mass is 10.3. The minimum atomic E-state index is -2.84. The Bertz CT molecular complexity index is 265. The van der Waals surface area contributed by atoms with Gasteiger partial charge in [-0.1, -0.05) is 19.8 Å². The van der Waals surface area contributed by atoms with Crippen LogP contribution >= 0.6 is 0 Å². The third kappa shape index (κ3) is 12.3. The van der Waals surface area contributed by atoms with Gasteiger partial charge in [0.05, 0.1) is 11.5 Å². The van der Waals surface area contributed by atoms with Gasteiger partial charge in [-0.2, -0.15) is 0 Å². The van der Waals surface area contributed by atoms with Gasteiger partial charge in [0.2, 0.25) is 0 Å². The fraction of sp³-hybridized carbons (Fsp3) is 1.00. The number of ether oxygens (including phenoxy) is 1. The lowest BCUT2D eigenvalue weighted by Gasteiger charge is -2.06. The molecule has 0 radical (unpaired) electrons. The Hall–Kier alpha value is -0.130. The van der Waals surface area contributed by atoms with Crippen molar-refractivity contribution < 1.29 is 13.2 Å². The molecule has 0 bridgehead atoms. The van der Waals surface area contributed by atoms with E-state index >= 15 is 0 Å². The van der Waals surface area contributed by atoms with E-state index in [-0.39, 0.29) is 5.75 Å². The quantitative estimate of drug-likeness (QED) is 0.524. The largest absolute Gasteiger partial charge is 0.382 e. The summed E-state index contributed by atoms with van der Waals surface area (Å²) in [6.45, 7) is 7.08. The molecule has 5 heteroatoms. The van der Waals surface area contributed by atoms with Gasteiger partial charge in [-0.3, -0.25) is 0 Å². The number of hydrogen-bond donors (Lipinski definition) is 1. The Labute approximate surface area is 112 Å². The van der Waals surface area contributed by atoms with Gasteiger partial charge in [-0.25, -0.2) is 8.42 Å². The van der Waals surface area contributed by atoms with Crippen LogP contribution in [0.3, 0.4) is 0 Å². The highest BCUT2D eigenvalue weighted by Crippen LogP contribution is 1.99. The Morgan fingerprint density at radius 3 is 2.39 bits per heavy atom. The summed E-state index contributed by atoms with van der Waals surface area (Å²) in [5.41, 5.74) is 0. The van der Waals surface area contributed by atoms with Gasteiger partial charge in [0, 0.05) is 19.8 Å². The number of unbranched alkanes of at least 4 members (excludes halogenated alkanes) is 3. The van der Waals surface area contributed by atoms with Gasteiger partial charge in [0.15, 0.2) is 9.84 Å². The molecule has 0 heterocycles. The molecular weight excluding hydrogens is 250 g/mol. The first-order valence-electron chi connectivity index (χ1n) is 7.11. The van der Waals surface area contributed by atoms with Crippen molar-refractivity contribution in [2.24, 2.45) is 0 Å². The summed E-state index contributed by atoms with van der Waals surface area (Å²) in [5, 5.41) is 3.17. The molecule has 0 rings (SSSR count). The molecule has 0 spiro atoms. The zero-order chi connectivity index (χ0) is 13.7. The first-order valence-corrected chi connectivity index (χ1v) is 8.93. The SMILES string of the molecule is CCCCCS(=O)(=O)CCNCCCCOCC. The summed E-state index contributed by atoms with van der Waals surface area (Å²) in [7, 11) is -2.84. The van der Waals surface area contributed by atoms with Crippen molar-refractivity contribution in [2.75, 3.05) is 37.8 Å². The van der Waals surface area contributed by atoms with Crippen LogP contribution in [0.4, 0.5) is 0 Å². The predicted octanol–water partition coefficient (Wildman–Crippen LogP) is 2.00. The number of rotatable bonds is 13. The Morgan fingerprint density at radius 2 is 1.72 bits per heavy atom. The molecule has 0 saturated heterocycles. The van der Waals surface area contributed by atoms with E-state index in [1.807, 2.05) is 6.92 Å². The van der Waals surface area contributed by atoms with Gasteiger partial charge < -0.3 is 10.1 Å². The Morgan fingerprint density at radius 1 is 0.944 bits per heavy atom. The highest BCUT2D eigenvalue weighted by Gasteiger charge is 2.09. The van der Waals surface area contributed by atoms with E-state index in [0.717, 1.165) is 51.9 Å². The molecule has 4 nitrogen and oxygen atoms in total. The Kier molecular flexibility index (Phi) is 11.8. The van der Waals surface area contributed by atoms with Crippen LogP contribution in [-0.2, 0) is 14.6 Å². The van der Waals surface area contributed by atoms with Crippen molar-refractivity contribution in [3.05, 3.63) is 0 Å². The molecule has 110 valence electrons. The minimum absolute atomic E-state index is 0.266. The first-order chi connectivity index (χ1) is 8.62.